The molecule has 0 saturated carbocycles. The topological polar surface area (TPSA) is 64.0 Å². The van der Waals surface area contributed by atoms with Gasteiger partial charge in [-0.1, -0.05) is 71.4 Å². The lowest BCUT2D eigenvalue weighted by atomic mass is 9.86. The number of anilines is 1. The van der Waals surface area contributed by atoms with Gasteiger partial charge >= 0.3 is 0 Å². The molecule has 0 bridgehead atoms. The zero-order valence-electron chi connectivity index (χ0n) is 16.4. The lowest BCUT2D eigenvalue weighted by Gasteiger charge is -2.28. The van der Waals surface area contributed by atoms with Crippen LogP contribution in [0.25, 0.3) is 0 Å². The van der Waals surface area contributed by atoms with Crippen LogP contribution in [0.2, 0.25) is 10.0 Å². The van der Waals surface area contributed by atoms with Crippen LogP contribution in [-0.4, -0.2) is 15.5 Å². The highest BCUT2D eigenvalue weighted by Gasteiger charge is 2.33. The Balaban J connectivity index is 1.76. The van der Waals surface area contributed by atoms with E-state index in [1.807, 2.05) is 12.1 Å². The molecule has 1 N–H and O–H groups in total. The van der Waals surface area contributed by atoms with Gasteiger partial charge in [0.05, 0.1) is 15.6 Å². The molecule has 0 aliphatic carbocycles. The first kappa shape index (κ1) is 21.0. The van der Waals surface area contributed by atoms with Gasteiger partial charge in [0.1, 0.15) is 5.82 Å². The molecule has 154 valence electrons. The summed E-state index contributed by atoms with van der Waals surface area (Å²) in [6.07, 6.45) is 0.111. The van der Waals surface area contributed by atoms with E-state index >= 15 is 0 Å². The van der Waals surface area contributed by atoms with E-state index in [4.69, 9.17) is 23.2 Å². The molecule has 2 aromatic carbocycles. The first-order valence-electron chi connectivity index (χ1n) is 9.38. The maximum atomic E-state index is 13.0. The third kappa shape index (κ3) is 3.87. The van der Waals surface area contributed by atoms with Crippen molar-refractivity contribution in [2.75, 3.05) is 5.32 Å². The van der Waals surface area contributed by atoms with Crippen molar-refractivity contribution >= 4 is 46.7 Å². The third-order valence-corrected chi connectivity index (χ3v) is 7.19. The molecule has 0 fully saturated rings. The SMILES string of the molecule is Cc1ccccc1CSc1nc(=O)c2c(n1C)NC(=O)CC2c1cccc(Cl)c1Cl. The summed E-state index contributed by atoms with van der Waals surface area (Å²) in [5.41, 5.74) is 3.07. The Hall–Kier alpha value is -2.28. The number of hydrogen-bond acceptors (Lipinski definition) is 4. The lowest BCUT2D eigenvalue weighted by Crippen LogP contribution is -2.33. The molecule has 30 heavy (non-hydrogen) atoms. The number of carbonyl (C=O) groups is 1. The van der Waals surface area contributed by atoms with E-state index < -0.39 is 5.92 Å². The fourth-order valence-corrected chi connectivity index (χ4v) is 5.11. The number of nitrogens with zero attached hydrogens (tertiary/aromatic N) is 2. The molecular formula is C22H19Cl2N3O2S. The molecule has 1 aromatic heterocycles. The molecule has 5 nitrogen and oxygen atoms in total. The molecule has 3 aromatic rings. The van der Waals surface area contributed by atoms with E-state index in [1.54, 1.807) is 29.8 Å². The van der Waals surface area contributed by atoms with Crippen molar-refractivity contribution in [3.8, 4) is 0 Å². The molecule has 0 saturated heterocycles. The minimum absolute atomic E-state index is 0.111. The average molecular weight is 460 g/mol. The zero-order valence-corrected chi connectivity index (χ0v) is 18.7. The summed E-state index contributed by atoms with van der Waals surface area (Å²) in [4.78, 5) is 29.8. The highest BCUT2D eigenvalue weighted by Crippen LogP contribution is 2.40. The van der Waals surface area contributed by atoms with Crippen LogP contribution in [0.5, 0.6) is 0 Å². The first-order chi connectivity index (χ1) is 14.4. The van der Waals surface area contributed by atoms with Crippen LogP contribution in [0.1, 0.15) is 34.6 Å². The highest BCUT2D eigenvalue weighted by atomic mass is 35.5. The monoisotopic (exact) mass is 459 g/mol. The van der Waals surface area contributed by atoms with Gasteiger partial charge in [-0.15, -0.1) is 0 Å². The van der Waals surface area contributed by atoms with Gasteiger partial charge in [0.15, 0.2) is 5.16 Å². The van der Waals surface area contributed by atoms with Crippen molar-refractivity contribution < 1.29 is 4.79 Å². The van der Waals surface area contributed by atoms with Gasteiger partial charge in [-0.25, -0.2) is 0 Å². The van der Waals surface area contributed by atoms with Crippen molar-refractivity contribution in [3.05, 3.63) is 85.1 Å². The second-order valence-electron chi connectivity index (χ2n) is 7.18. The summed E-state index contributed by atoms with van der Waals surface area (Å²) in [6.45, 7) is 2.05. The molecule has 2 heterocycles. The first-order valence-corrected chi connectivity index (χ1v) is 11.1. The average Bonchev–Trinajstić information content (AvgIpc) is 2.72. The fourth-order valence-electron chi connectivity index (χ4n) is 3.63. The Morgan fingerprint density at radius 1 is 1.17 bits per heavy atom. The maximum Gasteiger partial charge on any atom is 0.279 e. The fraction of sp³-hybridized carbons (Fsp3) is 0.227. The lowest BCUT2D eigenvalue weighted by molar-refractivity contribution is -0.116. The number of halogens is 2. The molecule has 1 aliphatic heterocycles. The number of thioether (sulfide) groups is 1. The normalized spacial score (nSPS) is 15.6. The van der Waals surface area contributed by atoms with Crippen molar-refractivity contribution in [1.29, 1.82) is 0 Å². The molecule has 1 amide bonds. The number of hydrogen-bond donors (Lipinski definition) is 1. The Labute approximate surface area is 188 Å². The number of rotatable bonds is 4. The van der Waals surface area contributed by atoms with Crippen LogP contribution in [0, 0.1) is 6.92 Å². The standard InChI is InChI=1S/C22H19Cl2N3O2S/c1-12-6-3-4-7-13(12)11-30-22-26-21(29)18-15(10-17(28)25-20(18)27(22)2)14-8-5-9-16(23)19(14)24/h3-9,15H,10-11H2,1-2H3,(H,25,28). The number of aromatic nitrogens is 2. The van der Waals surface area contributed by atoms with Gasteiger partial charge in [0, 0.05) is 25.1 Å². The quantitative estimate of drug-likeness (QED) is 0.432. The number of aryl methyl sites for hydroxylation is 1. The van der Waals surface area contributed by atoms with Gasteiger partial charge in [-0.2, -0.15) is 4.98 Å². The Morgan fingerprint density at radius 3 is 2.70 bits per heavy atom. The van der Waals surface area contributed by atoms with Gasteiger partial charge in [0.25, 0.3) is 5.56 Å². The second kappa shape index (κ2) is 8.46. The molecule has 8 heteroatoms. The number of benzene rings is 2. The Kier molecular flexibility index (Phi) is 5.91. The number of carbonyl (C=O) groups excluding carboxylic acids is 1. The molecule has 1 atom stereocenters. The van der Waals surface area contributed by atoms with Gasteiger partial charge < -0.3 is 9.88 Å². The Morgan fingerprint density at radius 2 is 1.93 bits per heavy atom. The minimum atomic E-state index is -0.499. The number of fused-ring (bicyclic) bond motifs is 1. The molecule has 0 spiro atoms. The van der Waals surface area contributed by atoms with Crippen LogP contribution < -0.4 is 10.9 Å². The number of amides is 1. The van der Waals surface area contributed by atoms with Gasteiger partial charge in [-0.3, -0.25) is 9.59 Å². The summed E-state index contributed by atoms with van der Waals surface area (Å²) in [5.74, 6) is 0.448. The van der Waals surface area contributed by atoms with Crippen LogP contribution in [0.4, 0.5) is 5.82 Å². The van der Waals surface area contributed by atoms with Crippen molar-refractivity contribution in [3.63, 3.8) is 0 Å². The summed E-state index contributed by atoms with van der Waals surface area (Å²) >= 11 is 14.0. The molecule has 1 aliphatic rings. The second-order valence-corrected chi connectivity index (χ2v) is 8.91. The largest absolute Gasteiger partial charge is 0.312 e. The zero-order chi connectivity index (χ0) is 21.4. The molecule has 0 radical (unpaired) electrons. The summed E-state index contributed by atoms with van der Waals surface area (Å²) in [5, 5.41) is 4.13. The summed E-state index contributed by atoms with van der Waals surface area (Å²) in [7, 11) is 1.80. The van der Waals surface area contributed by atoms with Gasteiger partial charge in [0.2, 0.25) is 5.91 Å². The predicted molar refractivity (Wildman–Crippen MR) is 122 cm³/mol. The minimum Gasteiger partial charge on any atom is -0.312 e. The maximum absolute atomic E-state index is 13.0. The van der Waals surface area contributed by atoms with Gasteiger partial charge in [-0.05, 0) is 29.7 Å². The Bertz CT molecular complexity index is 1210. The van der Waals surface area contributed by atoms with E-state index in [0.717, 1.165) is 0 Å². The van der Waals surface area contributed by atoms with E-state index in [-0.39, 0.29) is 17.9 Å². The van der Waals surface area contributed by atoms with Crippen LogP contribution in [0.15, 0.2) is 52.4 Å². The van der Waals surface area contributed by atoms with E-state index in [2.05, 4.69) is 29.4 Å². The summed E-state index contributed by atoms with van der Waals surface area (Å²) in [6, 6.07) is 13.3. The van der Waals surface area contributed by atoms with Crippen molar-refractivity contribution in [1.82, 2.24) is 9.55 Å². The van der Waals surface area contributed by atoms with Crippen molar-refractivity contribution in [2.24, 2.45) is 7.05 Å². The van der Waals surface area contributed by atoms with E-state index in [1.165, 1.54) is 22.9 Å². The highest BCUT2D eigenvalue weighted by molar-refractivity contribution is 7.98. The van der Waals surface area contributed by atoms with E-state index in [0.29, 0.717) is 37.9 Å². The summed E-state index contributed by atoms with van der Waals surface area (Å²) < 4.78 is 1.77. The predicted octanol–water partition coefficient (Wildman–Crippen LogP) is 5.16. The molecular weight excluding hydrogens is 441 g/mol. The molecule has 4 rings (SSSR count). The van der Waals surface area contributed by atoms with Crippen LogP contribution in [-0.2, 0) is 17.6 Å². The third-order valence-electron chi connectivity index (χ3n) is 5.28. The van der Waals surface area contributed by atoms with Crippen molar-refractivity contribution in [2.45, 2.75) is 30.2 Å². The van der Waals surface area contributed by atoms with Crippen LogP contribution in [0.3, 0.4) is 0 Å². The number of nitrogens with one attached hydrogen (secondary N) is 1. The van der Waals surface area contributed by atoms with E-state index in [9.17, 15) is 9.59 Å². The molecule has 1 unspecified atom stereocenters. The smallest absolute Gasteiger partial charge is 0.279 e. The van der Waals surface area contributed by atoms with Crippen LogP contribution >= 0.6 is 35.0 Å².